The zero-order valence-corrected chi connectivity index (χ0v) is 16.2. The van der Waals surface area contributed by atoms with Crippen LogP contribution >= 0.6 is 0 Å². The van der Waals surface area contributed by atoms with Crippen molar-refractivity contribution in [1.29, 1.82) is 0 Å². The van der Waals surface area contributed by atoms with Crippen molar-refractivity contribution in [2.24, 2.45) is 12.0 Å². The first-order valence-electron chi connectivity index (χ1n) is 9.42. The number of carbonyl (C=O) groups excluding carboxylic acids is 2. The Morgan fingerprint density at radius 3 is 2.43 bits per heavy atom. The standard InChI is InChI=1S/C19H25N7O2/c1-3-20-19(22-12-16-23-13-24-25(16)2)21-10-6-7-11-26-17(27)14-8-4-5-9-15(14)18(26)28/h4-5,8-9,13H,3,6-7,10-12H2,1-2H3,(H2,20,21,22). The van der Waals surface area contributed by atoms with E-state index >= 15 is 0 Å². The van der Waals surface area contributed by atoms with Gasteiger partial charge in [-0.15, -0.1) is 0 Å². The van der Waals surface area contributed by atoms with E-state index in [1.165, 1.54) is 11.2 Å². The fourth-order valence-corrected chi connectivity index (χ4v) is 3.00. The lowest BCUT2D eigenvalue weighted by Crippen LogP contribution is -2.38. The molecule has 0 atom stereocenters. The molecule has 1 aromatic carbocycles. The van der Waals surface area contributed by atoms with Gasteiger partial charge in [0, 0.05) is 26.7 Å². The number of guanidine groups is 1. The predicted molar refractivity (Wildman–Crippen MR) is 105 cm³/mol. The predicted octanol–water partition coefficient (Wildman–Crippen LogP) is 0.947. The number of hydrogen-bond donors (Lipinski definition) is 2. The summed E-state index contributed by atoms with van der Waals surface area (Å²) in [6.07, 6.45) is 3.04. The lowest BCUT2D eigenvalue weighted by Gasteiger charge is -2.14. The van der Waals surface area contributed by atoms with Gasteiger partial charge in [0.1, 0.15) is 18.7 Å². The molecular weight excluding hydrogens is 358 g/mol. The number of nitrogens with zero attached hydrogens (tertiary/aromatic N) is 5. The van der Waals surface area contributed by atoms with Gasteiger partial charge < -0.3 is 10.6 Å². The SMILES string of the molecule is CCNC(=NCc1ncnn1C)NCCCCN1C(=O)c2ccccc2C1=O. The van der Waals surface area contributed by atoms with Crippen LogP contribution < -0.4 is 10.6 Å². The van der Waals surface area contributed by atoms with Crippen LogP contribution in [-0.2, 0) is 13.6 Å². The van der Waals surface area contributed by atoms with Crippen LogP contribution in [0.4, 0.5) is 0 Å². The molecule has 0 spiro atoms. The molecule has 9 nitrogen and oxygen atoms in total. The molecule has 1 aliphatic heterocycles. The summed E-state index contributed by atoms with van der Waals surface area (Å²) in [6.45, 7) is 4.29. The Morgan fingerprint density at radius 2 is 1.82 bits per heavy atom. The van der Waals surface area contributed by atoms with Crippen molar-refractivity contribution in [3.63, 3.8) is 0 Å². The van der Waals surface area contributed by atoms with Crippen molar-refractivity contribution >= 4 is 17.8 Å². The van der Waals surface area contributed by atoms with Crippen molar-refractivity contribution in [3.8, 4) is 0 Å². The summed E-state index contributed by atoms with van der Waals surface area (Å²) in [7, 11) is 1.83. The van der Waals surface area contributed by atoms with Gasteiger partial charge in [-0.1, -0.05) is 12.1 Å². The van der Waals surface area contributed by atoms with Gasteiger partial charge in [0.25, 0.3) is 11.8 Å². The number of nitrogens with one attached hydrogen (secondary N) is 2. The maximum atomic E-state index is 12.3. The average Bonchev–Trinajstić information content (AvgIpc) is 3.22. The van der Waals surface area contributed by atoms with Crippen LogP contribution in [0, 0.1) is 0 Å². The number of amides is 2. The van der Waals surface area contributed by atoms with Crippen LogP contribution in [0.15, 0.2) is 35.6 Å². The summed E-state index contributed by atoms with van der Waals surface area (Å²) >= 11 is 0. The fourth-order valence-electron chi connectivity index (χ4n) is 3.00. The van der Waals surface area contributed by atoms with E-state index in [1.807, 2.05) is 14.0 Å². The zero-order chi connectivity index (χ0) is 19.9. The van der Waals surface area contributed by atoms with Crippen LogP contribution in [0.25, 0.3) is 0 Å². The lowest BCUT2D eigenvalue weighted by molar-refractivity contribution is 0.0652. The van der Waals surface area contributed by atoms with Gasteiger partial charge in [0.05, 0.1) is 11.1 Å². The minimum Gasteiger partial charge on any atom is -0.357 e. The highest BCUT2D eigenvalue weighted by Crippen LogP contribution is 2.22. The maximum Gasteiger partial charge on any atom is 0.261 e. The molecule has 0 radical (unpaired) electrons. The van der Waals surface area contributed by atoms with E-state index in [9.17, 15) is 9.59 Å². The van der Waals surface area contributed by atoms with E-state index < -0.39 is 0 Å². The molecule has 148 valence electrons. The number of aryl methyl sites for hydroxylation is 1. The Bertz CT molecular complexity index is 840. The molecule has 0 fully saturated rings. The average molecular weight is 383 g/mol. The molecule has 1 aliphatic rings. The first-order valence-corrected chi connectivity index (χ1v) is 9.42. The number of unbranched alkanes of at least 4 members (excludes halogenated alkanes) is 1. The summed E-state index contributed by atoms with van der Waals surface area (Å²) < 4.78 is 1.69. The molecule has 2 amide bonds. The Kier molecular flexibility index (Phi) is 6.36. The maximum absolute atomic E-state index is 12.3. The third-order valence-corrected chi connectivity index (χ3v) is 4.51. The summed E-state index contributed by atoms with van der Waals surface area (Å²) in [4.78, 5) is 34.7. The lowest BCUT2D eigenvalue weighted by atomic mass is 10.1. The third kappa shape index (κ3) is 4.36. The fraction of sp³-hybridized carbons (Fsp3) is 0.421. The van der Waals surface area contributed by atoms with Crippen LogP contribution in [0.2, 0.25) is 0 Å². The van der Waals surface area contributed by atoms with Crippen molar-refractivity contribution in [3.05, 3.63) is 47.5 Å². The highest BCUT2D eigenvalue weighted by molar-refractivity contribution is 6.21. The van der Waals surface area contributed by atoms with E-state index in [0.717, 1.165) is 25.2 Å². The Hall–Kier alpha value is -3.23. The Balaban J connectivity index is 1.44. The van der Waals surface area contributed by atoms with E-state index in [2.05, 4.69) is 25.7 Å². The van der Waals surface area contributed by atoms with Crippen molar-refractivity contribution in [2.75, 3.05) is 19.6 Å². The van der Waals surface area contributed by atoms with E-state index in [1.54, 1.807) is 28.9 Å². The second-order valence-corrected chi connectivity index (χ2v) is 6.44. The highest BCUT2D eigenvalue weighted by atomic mass is 16.2. The van der Waals surface area contributed by atoms with Crippen molar-refractivity contribution in [1.82, 2.24) is 30.3 Å². The molecule has 0 saturated heterocycles. The van der Waals surface area contributed by atoms with Crippen molar-refractivity contribution < 1.29 is 9.59 Å². The largest absolute Gasteiger partial charge is 0.357 e. The normalized spacial score (nSPS) is 13.8. The smallest absolute Gasteiger partial charge is 0.261 e. The molecule has 0 aliphatic carbocycles. The second-order valence-electron chi connectivity index (χ2n) is 6.44. The zero-order valence-electron chi connectivity index (χ0n) is 16.2. The minimum absolute atomic E-state index is 0.202. The Labute approximate surface area is 163 Å². The summed E-state index contributed by atoms with van der Waals surface area (Å²) in [5.41, 5.74) is 0.993. The highest BCUT2D eigenvalue weighted by Gasteiger charge is 2.34. The monoisotopic (exact) mass is 383 g/mol. The number of rotatable bonds is 8. The molecule has 2 aromatic rings. The molecular formula is C19H25N7O2. The van der Waals surface area contributed by atoms with Gasteiger partial charge in [0.15, 0.2) is 5.96 Å². The number of aliphatic imine (C=N–C) groups is 1. The minimum atomic E-state index is -0.202. The molecule has 9 heteroatoms. The molecule has 1 aromatic heterocycles. The molecule has 3 rings (SSSR count). The number of aromatic nitrogens is 3. The number of imide groups is 1. The van der Waals surface area contributed by atoms with Crippen LogP contribution in [0.1, 0.15) is 46.3 Å². The van der Waals surface area contributed by atoms with Crippen molar-refractivity contribution in [2.45, 2.75) is 26.3 Å². The second kappa shape index (κ2) is 9.12. The number of carbonyl (C=O) groups is 2. The van der Waals surface area contributed by atoms with Crippen LogP contribution in [-0.4, -0.2) is 57.1 Å². The van der Waals surface area contributed by atoms with Gasteiger partial charge in [-0.05, 0) is 31.9 Å². The molecule has 2 N–H and O–H groups in total. The molecule has 28 heavy (non-hydrogen) atoms. The van der Waals surface area contributed by atoms with Gasteiger partial charge in [-0.2, -0.15) is 5.10 Å². The van der Waals surface area contributed by atoms with E-state index in [0.29, 0.717) is 36.7 Å². The van der Waals surface area contributed by atoms with E-state index in [4.69, 9.17) is 0 Å². The Morgan fingerprint density at radius 1 is 1.11 bits per heavy atom. The van der Waals surface area contributed by atoms with Gasteiger partial charge in [-0.25, -0.2) is 9.98 Å². The quantitative estimate of drug-likeness (QED) is 0.304. The number of fused-ring (bicyclic) bond motifs is 1. The van der Waals surface area contributed by atoms with Gasteiger partial charge in [0.2, 0.25) is 0 Å². The van der Waals surface area contributed by atoms with Crippen LogP contribution in [0.5, 0.6) is 0 Å². The van der Waals surface area contributed by atoms with Crippen LogP contribution in [0.3, 0.4) is 0 Å². The first kappa shape index (κ1) is 19.5. The topological polar surface area (TPSA) is 105 Å². The molecule has 0 saturated carbocycles. The van der Waals surface area contributed by atoms with E-state index in [-0.39, 0.29) is 11.8 Å². The summed E-state index contributed by atoms with van der Waals surface area (Å²) in [6, 6.07) is 6.96. The third-order valence-electron chi connectivity index (χ3n) is 4.51. The number of hydrogen-bond acceptors (Lipinski definition) is 5. The summed E-state index contributed by atoms with van der Waals surface area (Å²) in [5, 5.41) is 10.5. The molecule has 0 unspecified atom stereocenters. The molecule has 0 bridgehead atoms. The number of benzene rings is 1. The summed E-state index contributed by atoms with van der Waals surface area (Å²) in [5.74, 6) is 1.08. The van der Waals surface area contributed by atoms with Gasteiger partial charge in [-0.3, -0.25) is 19.2 Å². The molecule has 2 heterocycles. The first-order chi connectivity index (χ1) is 13.6. The van der Waals surface area contributed by atoms with Gasteiger partial charge >= 0.3 is 0 Å².